The number of hydrogen-bond donors (Lipinski definition) is 0. The van der Waals surface area contributed by atoms with Gasteiger partial charge in [0.2, 0.25) is 0 Å². The van der Waals surface area contributed by atoms with Crippen LogP contribution in [0, 0.1) is 0 Å². The molecular weight excluding hydrogens is 252 g/mol. The monoisotopic (exact) mass is 264 g/mol. The summed E-state index contributed by atoms with van der Waals surface area (Å²) in [7, 11) is 2.05. The highest BCUT2D eigenvalue weighted by Crippen LogP contribution is 2.16. The van der Waals surface area contributed by atoms with Gasteiger partial charge in [-0.2, -0.15) is 0 Å². The van der Waals surface area contributed by atoms with Gasteiger partial charge in [0, 0.05) is 24.3 Å². The fraction of sp³-hybridized carbons (Fsp3) is 0.250. The average Bonchev–Trinajstić information content (AvgIpc) is 2.29. The van der Waals surface area contributed by atoms with Crippen LogP contribution in [0.5, 0.6) is 0 Å². The molecule has 1 heterocycles. The molecule has 0 amide bonds. The minimum absolute atomic E-state index is 0.956. The van der Waals surface area contributed by atoms with Crippen molar-refractivity contribution in [1.82, 2.24) is 4.98 Å². The summed E-state index contributed by atoms with van der Waals surface area (Å²) in [5.41, 5.74) is 1.05. The summed E-state index contributed by atoms with van der Waals surface area (Å²) in [6.07, 6.45) is 0. The lowest BCUT2D eigenvalue weighted by atomic mass is 10.2. The zero-order valence-electron chi connectivity index (χ0n) is 8.65. The van der Waals surface area contributed by atoms with Crippen molar-refractivity contribution in [2.45, 2.75) is 0 Å². The molecule has 0 fully saturated rings. The first-order valence-corrected chi connectivity index (χ1v) is 6.06. The van der Waals surface area contributed by atoms with Gasteiger partial charge in [0.15, 0.2) is 0 Å². The van der Waals surface area contributed by atoms with Crippen LogP contribution < -0.4 is 4.90 Å². The molecule has 0 aliphatic carbocycles. The van der Waals surface area contributed by atoms with Crippen molar-refractivity contribution in [3.8, 4) is 0 Å². The van der Waals surface area contributed by atoms with Crippen molar-refractivity contribution in [3.63, 3.8) is 0 Å². The third-order valence-corrected chi connectivity index (χ3v) is 2.75. The van der Waals surface area contributed by atoms with E-state index in [2.05, 4.69) is 51.1 Å². The number of halogens is 1. The highest BCUT2D eigenvalue weighted by molar-refractivity contribution is 9.09. The van der Waals surface area contributed by atoms with Gasteiger partial charge in [0.05, 0.1) is 5.52 Å². The van der Waals surface area contributed by atoms with E-state index in [-0.39, 0.29) is 0 Å². The van der Waals surface area contributed by atoms with Crippen LogP contribution in [0.2, 0.25) is 0 Å². The van der Waals surface area contributed by atoms with E-state index in [0.717, 1.165) is 23.2 Å². The Labute approximate surface area is 98.1 Å². The van der Waals surface area contributed by atoms with E-state index in [1.165, 1.54) is 5.39 Å². The molecule has 0 atom stereocenters. The first-order chi connectivity index (χ1) is 7.31. The number of fused-ring (bicyclic) bond motifs is 1. The van der Waals surface area contributed by atoms with Crippen LogP contribution in [-0.2, 0) is 0 Å². The Kier molecular flexibility index (Phi) is 3.21. The van der Waals surface area contributed by atoms with E-state index >= 15 is 0 Å². The van der Waals surface area contributed by atoms with Crippen LogP contribution >= 0.6 is 15.9 Å². The zero-order valence-corrected chi connectivity index (χ0v) is 10.2. The molecule has 1 aromatic heterocycles. The van der Waals surface area contributed by atoms with Crippen molar-refractivity contribution < 1.29 is 0 Å². The molecule has 0 aliphatic heterocycles. The van der Waals surface area contributed by atoms with Crippen molar-refractivity contribution in [2.24, 2.45) is 0 Å². The van der Waals surface area contributed by atoms with E-state index in [1.54, 1.807) is 0 Å². The standard InChI is InChI=1S/C12H13BrN2/c1-15(9-8-13)12-7-6-10-4-2-3-5-11(10)14-12/h2-7H,8-9H2,1H3. The molecule has 2 rings (SSSR count). The Morgan fingerprint density at radius 3 is 2.80 bits per heavy atom. The molecule has 0 unspecified atom stereocenters. The van der Waals surface area contributed by atoms with Gasteiger partial charge in [-0.3, -0.25) is 0 Å². The Bertz CT molecular complexity index is 456. The summed E-state index contributed by atoms with van der Waals surface area (Å²) in [6.45, 7) is 0.964. The van der Waals surface area contributed by atoms with Crippen LogP contribution in [0.3, 0.4) is 0 Å². The number of hydrogen-bond acceptors (Lipinski definition) is 2. The van der Waals surface area contributed by atoms with Crippen molar-refractivity contribution in [3.05, 3.63) is 36.4 Å². The minimum atomic E-state index is 0.956. The summed E-state index contributed by atoms with van der Waals surface area (Å²) < 4.78 is 0. The van der Waals surface area contributed by atoms with Gasteiger partial charge >= 0.3 is 0 Å². The van der Waals surface area contributed by atoms with E-state index in [1.807, 2.05) is 18.2 Å². The zero-order chi connectivity index (χ0) is 10.7. The van der Waals surface area contributed by atoms with Gasteiger partial charge in [-0.1, -0.05) is 34.1 Å². The molecule has 15 heavy (non-hydrogen) atoms. The van der Waals surface area contributed by atoms with Crippen LogP contribution in [-0.4, -0.2) is 23.9 Å². The first kappa shape index (κ1) is 10.4. The van der Waals surface area contributed by atoms with Gasteiger partial charge in [0.25, 0.3) is 0 Å². The molecule has 0 saturated heterocycles. The summed E-state index contributed by atoms with van der Waals surface area (Å²) in [4.78, 5) is 6.74. The van der Waals surface area contributed by atoms with E-state index in [0.29, 0.717) is 0 Å². The fourth-order valence-electron chi connectivity index (χ4n) is 1.51. The molecular formula is C12H13BrN2. The second-order valence-corrected chi connectivity index (χ2v) is 4.27. The SMILES string of the molecule is CN(CCBr)c1ccc2ccccc2n1. The lowest BCUT2D eigenvalue weighted by molar-refractivity contribution is 0.957. The lowest BCUT2D eigenvalue weighted by Gasteiger charge is -2.16. The van der Waals surface area contributed by atoms with Crippen molar-refractivity contribution in [2.75, 3.05) is 23.8 Å². The molecule has 0 bridgehead atoms. The highest BCUT2D eigenvalue weighted by atomic mass is 79.9. The fourth-order valence-corrected chi connectivity index (χ4v) is 2.04. The third kappa shape index (κ3) is 2.29. The lowest BCUT2D eigenvalue weighted by Crippen LogP contribution is -2.20. The number of benzene rings is 1. The molecule has 0 N–H and O–H groups in total. The first-order valence-electron chi connectivity index (χ1n) is 4.94. The number of para-hydroxylation sites is 1. The van der Waals surface area contributed by atoms with Crippen LogP contribution in [0.1, 0.15) is 0 Å². The predicted molar refractivity (Wildman–Crippen MR) is 68.8 cm³/mol. The summed E-state index contributed by atoms with van der Waals surface area (Å²) in [5.74, 6) is 1.02. The Morgan fingerprint density at radius 2 is 2.00 bits per heavy atom. The number of aromatic nitrogens is 1. The largest absolute Gasteiger partial charge is 0.359 e. The second kappa shape index (κ2) is 4.62. The maximum Gasteiger partial charge on any atom is 0.129 e. The Balaban J connectivity index is 2.38. The number of rotatable bonds is 3. The number of anilines is 1. The summed E-state index contributed by atoms with van der Waals surface area (Å²) >= 11 is 3.43. The topological polar surface area (TPSA) is 16.1 Å². The van der Waals surface area contributed by atoms with Crippen LogP contribution in [0.15, 0.2) is 36.4 Å². The molecule has 2 aromatic rings. The molecule has 0 saturated carbocycles. The molecule has 78 valence electrons. The molecule has 0 radical (unpaired) electrons. The summed E-state index contributed by atoms with van der Waals surface area (Å²) in [5, 5.41) is 2.14. The maximum absolute atomic E-state index is 4.60. The smallest absolute Gasteiger partial charge is 0.129 e. The Morgan fingerprint density at radius 1 is 1.20 bits per heavy atom. The van der Waals surface area contributed by atoms with Crippen molar-refractivity contribution in [1.29, 1.82) is 0 Å². The van der Waals surface area contributed by atoms with Gasteiger partial charge < -0.3 is 4.90 Å². The number of alkyl halides is 1. The molecule has 2 nitrogen and oxygen atoms in total. The van der Waals surface area contributed by atoms with Crippen molar-refractivity contribution >= 4 is 32.7 Å². The molecule has 3 heteroatoms. The molecule has 0 spiro atoms. The highest BCUT2D eigenvalue weighted by Gasteiger charge is 2.02. The molecule has 0 aliphatic rings. The van der Waals surface area contributed by atoms with E-state index < -0.39 is 0 Å². The summed E-state index contributed by atoms with van der Waals surface area (Å²) in [6, 6.07) is 12.3. The maximum atomic E-state index is 4.60. The number of pyridine rings is 1. The van der Waals surface area contributed by atoms with Gasteiger partial charge in [-0.25, -0.2) is 4.98 Å². The number of nitrogens with zero attached hydrogens (tertiary/aromatic N) is 2. The van der Waals surface area contributed by atoms with Gasteiger partial charge in [0.1, 0.15) is 5.82 Å². The normalized spacial score (nSPS) is 10.5. The minimum Gasteiger partial charge on any atom is -0.359 e. The van der Waals surface area contributed by atoms with Crippen LogP contribution in [0.4, 0.5) is 5.82 Å². The van der Waals surface area contributed by atoms with Gasteiger partial charge in [-0.15, -0.1) is 0 Å². The molecule has 1 aromatic carbocycles. The van der Waals surface area contributed by atoms with E-state index in [9.17, 15) is 0 Å². The third-order valence-electron chi connectivity index (χ3n) is 2.39. The van der Waals surface area contributed by atoms with Crippen LogP contribution in [0.25, 0.3) is 10.9 Å². The average molecular weight is 265 g/mol. The Hall–Kier alpha value is -1.09. The predicted octanol–water partition coefficient (Wildman–Crippen LogP) is 3.07. The quantitative estimate of drug-likeness (QED) is 0.793. The van der Waals surface area contributed by atoms with E-state index in [4.69, 9.17) is 0 Å². The van der Waals surface area contributed by atoms with Gasteiger partial charge in [-0.05, 0) is 18.2 Å². The second-order valence-electron chi connectivity index (χ2n) is 3.47.